The molecule has 2 amide bonds. The van der Waals surface area contributed by atoms with Gasteiger partial charge in [-0.15, -0.1) is 0 Å². The topological polar surface area (TPSA) is 63.2 Å². The van der Waals surface area contributed by atoms with Crippen molar-refractivity contribution in [2.45, 2.75) is 31.6 Å². The second-order valence-corrected chi connectivity index (χ2v) is 6.02. The summed E-state index contributed by atoms with van der Waals surface area (Å²) in [7, 11) is 0. The number of ether oxygens (including phenoxy) is 1. The van der Waals surface area contributed by atoms with Crippen molar-refractivity contribution in [1.82, 2.24) is 15.6 Å². The van der Waals surface area contributed by atoms with Crippen molar-refractivity contribution in [1.29, 1.82) is 0 Å². The van der Waals surface area contributed by atoms with Crippen molar-refractivity contribution in [2.75, 3.05) is 6.61 Å². The minimum Gasteiger partial charge on any atom is -0.468 e. The summed E-state index contributed by atoms with van der Waals surface area (Å²) >= 11 is 0. The van der Waals surface area contributed by atoms with Gasteiger partial charge in [-0.1, -0.05) is 24.3 Å². The molecule has 8 heteroatoms. The molecule has 5 nitrogen and oxygen atoms in total. The smallest absolute Gasteiger partial charge is 0.422 e. The van der Waals surface area contributed by atoms with E-state index in [2.05, 4.69) is 20.4 Å². The highest BCUT2D eigenvalue weighted by Gasteiger charge is 2.28. The van der Waals surface area contributed by atoms with E-state index in [1.165, 1.54) is 17.8 Å². The van der Waals surface area contributed by atoms with Crippen LogP contribution in [0.5, 0.6) is 5.88 Å². The molecule has 0 radical (unpaired) electrons. The SMILES string of the molecule is O=C(NCc1ccnc(OCC(F)(F)F)c1)NC1CCc2ccccc21. The monoisotopic (exact) mass is 365 g/mol. The Kier molecular flexibility index (Phi) is 5.29. The fraction of sp³-hybridized carbons (Fsp3) is 0.333. The molecule has 2 N–H and O–H groups in total. The number of fused-ring (bicyclic) bond motifs is 1. The number of carbonyl (C=O) groups is 1. The Hall–Kier alpha value is -2.77. The van der Waals surface area contributed by atoms with E-state index in [0.29, 0.717) is 5.56 Å². The van der Waals surface area contributed by atoms with Gasteiger partial charge in [0.1, 0.15) is 0 Å². The third kappa shape index (κ3) is 4.87. The second kappa shape index (κ2) is 7.63. The Bertz CT molecular complexity index is 780. The van der Waals surface area contributed by atoms with Gasteiger partial charge in [0.25, 0.3) is 0 Å². The summed E-state index contributed by atoms with van der Waals surface area (Å²) in [5, 5.41) is 5.62. The highest BCUT2D eigenvalue weighted by molar-refractivity contribution is 5.74. The van der Waals surface area contributed by atoms with E-state index >= 15 is 0 Å². The third-order valence-electron chi connectivity index (χ3n) is 4.07. The van der Waals surface area contributed by atoms with Gasteiger partial charge < -0.3 is 15.4 Å². The molecular formula is C18H18F3N3O2. The molecule has 1 aromatic carbocycles. The first-order valence-corrected chi connectivity index (χ1v) is 8.17. The van der Waals surface area contributed by atoms with Crippen molar-refractivity contribution in [3.8, 4) is 5.88 Å². The number of pyridine rings is 1. The van der Waals surface area contributed by atoms with E-state index < -0.39 is 12.8 Å². The van der Waals surface area contributed by atoms with E-state index in [4.69, 9.17) is 0 Å². The van der Waals surface area contributed by atoms with Crippen molar-refractivity contribution in [3.05, 3.63) is 59.3 Å². The highest BCUT2D eigenvalue weighted by Crippen LogP contribution is 2.30. The van der Waals surface area contributed by atoms with Gasteiger partial charge in [0.2, 0.25) is 5.88 Å². The predicted octanol–water partition coefficient (Wildman–Crippen LogP) is 3.51. The molecule has 0 fully saturated rings. The Morgan fingerprint density at radius 1 is 1.27 bits per heavy atom. The minimum atomic E-state index is -4.42. The number of rotatable bonds is 5. The number of hydrogen-bond acceptors (Lipinski definition) is 3. The van der Waals surface area contributed by atoms with Crippen LogP contribution in [-0.2, 0) is 13.0 Å². The van der Waals surface area contributed by atoms with Crippen LogP contribution in [-0.4, -0.2) is 23.8 Å². The molecule has 2 aromatic rings. The fourth-order valence-corrected chi connectivity index (χ4v) is 2.89. The van der Waals surface area contributed by atoms with Crippen LogP contribution in [0, 0.1) is 0 Å². The van der Waals surface area contributed by atoms with Crippen molar-refractivity contribution >= 4 is 6.03 Å². The lowest BCUT2D eigenvalue weighted by molar-refractivity contribution is -0.154. The average molecular weight is 365 g/mol. The van der Waals surface area contributed by atoms with Crippen LogP contribution in [0.1, 0.15) is 29.2 Å². The lowest BCUT2D eigenvalue weighted by Gasteiger charge is -2.15. The number of nitrogens with zero attached hydrogens (tertiary/aromatic N) is 1. The van der Waals surface area contributed by atoms with Gasteiger partial charge in [0, 0.05) is 18.8 Å². The molecule has 1 unspecified atom stereocenters. The first-order chi connectivity index (χ1) is 12.4. The number of aryl methyl sites for hydroxylation is 1. The van der Waals surface area contributed by atoms with Crippen LogP contribution in [0.25, 0.3) is 0 Å². The Morgan fingerprint density at radius 3 is 2.88 bits per heavy atom. The molecule has 1 heterocycles. The first-order valence-electron chi connectivity index (χ1n) is 8.17. The Labute approximate surface area is 148 Å². The van der Waals surface area contributed by atoms with Crippen LogP contribution in [0.3, 0.4) is 0 Å². The van der Waals surface area contributed by atoms with E-state index in [1.54, 1.807) is 6.07 Å². The zero-order valence-corrected chi connectivity index (χ0v) is 13.8. The molecule has 0 spiro atoms. The predicted molar refractivity (Wildman–Crippen MR) is 88.7 cm³/mol. The summed E-state index contributed by atoms with van der Waals surface area (Å²) < 4.78 is 41.1. The van der Waals surface area contributed by atoms with Gasteiger partial charge in [-0.25, -0.2) is 9.78 Å². The first kappa shape index (κ1) is 18.0. The van der Waals surface area contributed by atoms with E-state index in [1.807, 2.05) is 24.3 Å². The van der Waals surface area contributed by atoms with Crippen LogP contribution in [0.15, 0.2) is 42.6 Å². The van der Waals surface area contributed by atoms with Crippen LogP contribution < -0.4 is 15.4 Å². The molecule has 1 aliphatic rings. The van der Waals surface area contributed by atoms with Gasteiger partial charge in [0.15, 0.2) is 6.61 Å². The maximum atomic E-state index is 12.2. The Morgan fingerprint density at radius 2 is 2.08 bits per heavy atom. The number of alkyl halides is 3. The molecule has 0 saturated carbocycles. The average Bonchev–Trinajstić information content (AvgIpc) is 3.01. The number of urea groups is 1. The lowest BCUT2D eigenvalue weighted by atomic mass is 10.1. The van der Waals surface area contributed by atoms with Crippen LogP contribution >= 0.6 is 0 Å². The van der Waals surface area contributed by atoms with E-state index in [9.17, 15) is 18.0 Å². The van der Waals surface area contributed by atoms with Crippen LogP contribution in [0.4, 0.5) is 18.0 Å². The van der Waals surface area contributed by atoms with Gasteiger partial charge in [0.05, 0.1) is 6.04 Å². The number of hydrogen-bond donors (Lipinski definition) is 2. The van der Waals surface area contributed by atoms with Gasteiger partial charge in [-0.2, -0.15) is 13.2 Å². The number of aromatic nitrogens is 1. The van der Waals surface area contributed by atoms with E-state index in [-0.39, 0.29) is 24.5 Å². The van der Waals surface area contributed by atoms with Crippen molar-refractivity contribution < 1.29 is 22.7 Å². The number of amides is 2. The summed E-state index contributed by atoms with van der Waals surface area (Å²) in [4.78, 5) is 15.8. The molecule has 3 rings (SSSR count). The third-order valence-corrected chi connectivity index (χ3v) is 4.07. The number of carbonyl (C=O) groups excluding carboxylic acids is 1. The number of halogens is 3. The lowest BCUT2D eigenvalue weighted by Crippen LogP contribution is -2.36. The largest absolute Gasteiger partial charge is 0.468 e. The normalized spacial score (nSPS) is 16.0. The zero-order valence-electron chi connectivity index (χ0n) is 13.8. The zero-order chi connectivity index (χ0) is 18.6. The summed E-state index contributed by atoms with van der Waals surface area (Å²) in [5.74, 6) is -0.133. The van der Waals surface area contributed by atoms with E-state index in [0.717, 1.165) is 18.4 Å². The molecule has 1 aromatic heterocycles. The van der Waals surface area contributed by atoms with Crippen LogP contribution in [0.2, 0.25) is 0 Å². The molecule has 1 atom stereocenters. The summed E-state index contributed by atoms with van der Waals surface area (Å²) in [6.45, 7) is -1.25. The fourth-order valence-electron chi connectivity index (χ4n) is 2.89. The standard InChI is InChI=1S/C18H18F3N3O2/c19-18(20,21)11-26-16-9-12(7-8-22-16)10-23-17(25)24-15-6-5-13-3-1-2-4-14(13)15/h1-4,7-9,15H,5-6,10-11H2,(H2,23,24,25). The summed E-state index contributed by atoms with van der Waals surface area (Å²) in [6, 6.07) is 10.6. The van der Waals surface area contributed by atoms with Gasteiger partial charge in [-0.3, -0.25) is 0 Å². The number of nitrogens with one attached hydrogen (secondary N) is 2. The quantitative estimate of drug-likeness (QED) is 0.852. The molecule has 138 valence electrons. The molecule has 26 heavy (non-hydrogen) atoms. The van der Waals surface area contributed by atoms with Crippen molar-refractivity contribution in [3.63, 3.8) is 0 Å². The maximum absolute atomic E-state index is 12.2. The summed E-state index contributed by atoms with van der Waals surface area (Å²) in [6.07, 6.45) is -1.32. The van der Waals surface area contributed by atoms with Crippen molar-refractivity contribution in [2.24, 2.45) is 0 Å². The van der Waals surface area contributed by atoms with Gasteiger partial charge >= 0.3 is 12.2 Å². The van der Waals surface area contributed by atoms with Gasteiger partial charge in [-0.05, 0) is 35.6 Å². The minimum absolute atomic E-state index is 0.0330. The second-order valence-electron chi connectivity index (χ2n) is 6.02. The highest BCUT2D eigenvalue weighted by atomic mass is 19.4. The molecule has 0 aliphatic heterocycles. The maximum Gasteiger partial charge on any atom is 0.422 e. The number of benzene rings is 1. The molecule has 0 saturated heterocycles. The Balaban J connectivity index is 1.51. The molecule has 1 aliphatic carbocycles. The molecular weight excluding hydrogens is 347 g/mol. The molecule has 0 bridgehead atoms. The summed E-state index contributed by atoms with van der Waals surface area (Å²) in [5.41, 5.74) is 2.95.